The van der Waals surface area contributed by atoms with E-state index in [1.165, 1.54) is 0 Å². The average Bonchev–Trinajstić information content (AvgIpc) is 2.60. The summed E-state index contributed by atoms with van der Waals surface area (Å²) < 4.78 is 5.31. The Morgan fingerprint density at radius 2 is 1.65 bits per heavy atom. The molecule has 0 bridgehead atoms. The zero-order valence-corrected chi connectivity index (χ0v) is 13.8. The summed E-state index contributed by atoms with van der Waals surface area (Å²) in [6.07, 6.45) is 2.45. The molecule has 0 saturated heterocycles. The fourth-order valence-corrected chi connectivity index (χ4v) is 2.72. The van der Waals surface area contributed by atoms with Crippen LogP contribution in [0.4, 0.5) is 0 Å². The second-order valence-corrected chi connectivity index (χ2v) is 5.62. The lowest BCUT2D eigenvalue weighted by molar-refractivity contribution is -0.162. The van der Waals surface area contributed by atoms with E-state index in [-0.39, 0.29) is 0 Å². The number of esters is 1. The van der Waals surface area contributed by atoms with Gasteiger partial charge in [0.25, 0.3) is 0 Å². The molecule has 0 spiro atoms. The Balaban J connectivity index is 2.56. The van der Waals surface area contributed by atoms with Gasteiger partial charge in [0.1, 0.15) is 0 Å². The molecule has 3 nitrogen and oxygen atoms in total. The van der Waals surface area contributed by atoms with Crippen molar-refractivity contribution in [1.29, 1.82) is 0 Å². The molecule has 0 amide bonds. The van der Waals surface area contributed by atoms with Crippen molar-refractivity contribution in [2.24, 2.45) is 0 Å². The van der Waals surface area contributed by atoms with Crippen molar-refractivity contribution in [2.45, 2.75) is 38.7 Å². The van der Waals surface area contributed by atoms with Gasteiger partial charge in [-0.15, -0.1) is 0 Å². The molecule has 0 saturated carbocycles. The minimum atomic E-state index is -1.78. The summed E-state index contributed by atoms with van der Waals surface area (Å²) in [4.78, 5) is 12.7. The largest absolute Gasteiger partial charge is 0.463 e. The summed E-state index contributed by atoms with van der Waals surface area (Å²) >= 11 is 0. The Morgan fingerprint density at radius 1 is 1.00 bits per heavy atom. The highest BCUT2D eigenvalue weighted by Gasteiger charge is 2.42. The number of hydrogen-bond donors (Lipinski definition) is 1. The lowest BCUT2D eigenvalue weighted by atomic mass is 9.82. The fourth-order valence-electron chi connectivity index (χ4n) is 2.72. The maximum absolute atomic E-state index is 12.7. The van der Waals surface area contributed by atoms with Crippen LogP contribution in [0.15, 0.2) is 54.6 Å². The monoisotopic (exact) mass is 312 g/mol. The van der Waals surface area contributed by atoms with E-state index in [9.17, 15) is 9.90 Å². The number of ether oxygens (including phenoxy) is 1. The van der Waals surface area contributed by atoms with Gasteiger partial charge in [-0.25, -0.2) is 4.79 Å². The molecule has 2 aromatic rings. The molecular formula is C20H24O3. The summed E-state index contributed by atoms with van der Waals surface area (Å²) in [5.41, 5.74) is 0.330. The summed E-state index contributed by atoms with van der Waals surface area (Å²) in [5.74, 6) is -0.617. The molecule has 1 atom stereocenters. The first-order valence-electron chi connectivity index (χ1n) is 8.18. The molecule has 0 aliphatic rings. The third-order valence-electron chi connectivity index (χ3n) is 3.85. The van der Waals surface area contributed by atoms with E-state index in [2.05, 4.69) is 6.92 Å². The number of rotatable bonds is 7. The minimum Gasteiger partial charge on any atom is -0.463 e. The Labute approximate surface area is 137 Å². The second kappa shape index (κ2) is 7.93. The van der Waals surface area contributed by atoms with Gasteiger partial charge in [-0.1, -0.05) is 74.9 Å². The number of hydrogen-bond acceptors (Lipinski definition) is 3. The average molecular weight is 312 g/mol. The summed E-state index contributed by atoms with van der Waals surface area (Å²) in [7, 11) is 0. The summed E-state index contributed by atoms with van der Waals surface area (Å²) in [6, 6.07) is 16.6. The topological polar surface area (TPSA) is 46.5 Å². The first-order chi connectivity index (χ1) is 11.1. The lowest BCUT2D eigenvalue weighted by Crippen LogP contribution is -2.39. The smallest absolute Gasteiger partial charge is 0.347 e. The third-order valence-corrected chi connectivity index (χ3v) is 3.85. The summed E-state index contributed by atoms with van der Waals surface area (Å²) in [6.45, 7) is 4.30. The van der Waals surface area contributed by atoms with Gasteiger partial charge >= 0.3 is 5.97 Å². The van der Waals surface area contributed by atoms with Gasteiger partial charge in [-0.3, -0.25) is 0 Å². The van der Waals surface area contributed by atoms with Crippen molar-refractivity contribution in [3.05, 3.63) is 71.3 Å². The van der Waals surface area contributed by atoms with Crippen molar-refractivity contribution in [3.63, 3.8) is 0 Å². The van der Waals surface area contributed by atoms with E-state index in [1.54, 1.807) is 12.1 Å². The Kier molecular flexibility index (Phi) is 5.94. The van der Waals surface area contributed by atoms with Gasteiger partial charge in [-0.2, -0.15) is 0 Å². The van der Waals surface area contributed by atoms with Gasteiger partial charge in [0.05, 0.1) is 6.61 Å². The van der Waals surface area contributed by atoms with Crippen LogP contribution in [0.1, 0.15) is 43.4 Å². The van der Waals surface area contributed by atoms with Crippen molar-refractivity contribution in [3.8, 4) is 0 Å². The van der Waals surface area contributed by atoms with Crippen LogP contribution in [0, 0.1) is 0 Å². The molecule has 122 valence electrons. The van der Waals surface area contributed by atoms with Gasteiger partial charge < -0.3 is 9.84 Å². The zero-order chi connectivity index (χ0) is 16.7. The maximum atomic E-state index is 12.7. The van der Waals surface area contributed by atoms with Crippen molar-refractivity contribution >= 4 is 5.97 Å². The fraction of sp³-hybridized carbons (Fsp3) is 0.350. The number of benzene rings is 2. The van der Waals surface area contributed by atoms with Crippen LogP contribution in [0.5, 0.6) is 0 Å². The van der Waals surface area contributed by atoms with Crippen LogP contribution in [0.2, 0.25) is 0 Å². The van der Waals surface area contributed by atoms with E-state index in [0.717, 1.165) is 18.4 Å². The molecule has 2 aromatic carbocycles. The van der Waals surface area contributed by atoms with Crippen molar-refractivity contribution < 1.29 is 14.6 Å². The highest BCUT2D eigenvalue weighted by molar-refractivity contribution is 5.86. The van der Waals surface area contributed by atoms with E-state index in [4.69, 9.17) is 4.74 Å². The minimum absolute atomic E-state index is 0.296. The normalized spacial score (nSPS) is 13.3. The number of carbonyl (C=O) groups is 1. The molecule has 23 heavy (non-hydrogen) atoms. The van der Waals surface area contributed by atoms with E-state index in [0.29, 0.717) is 24.2 Å². The molecule has 0 aliphatic carbocycles. The van der Waals surface area contributed by atoms with Gasteiger partial charge in [0.2, 0.25) is 5.60 Å². The molecule has 0 radical (unpaired) electrons. The summed E-state index contributed by atoms with van der Waals surface area (Å²) in [5, 5.41) is 11.4. The Bertz CT molecular complexity index is 636. The van der Waals surface area contributed by atoms with E-state index in [1.807, 2.05) is 49.4 Å². The Hall–Kier alpha value is -2.13. The molecule has 1 unspecified atom stereocenters. The number of aryl methyl sites for hydroxylation is 1. The zero-order valence-electron chi connectivity index (χ0n) is 13.8. The van der Waals surface area contributed by atoms with Crippen LogP contribution in [0.25, 0.3) is 0 Å². The van der Waals surface area contributed by atoms with Crippen LogP contribution in [-0.4, -0.2) is 17.7 Å². The molecule has 0 aliphatic heterocycles. The van der Waals surface area contributed by atoms with Crippen LogP contribution in [-0.2, 0) is 21.6 Å². The molecule has 0 heterocycles. The van der Waals surface area contributed by atoms with E-state index < -0.39 is 11.6 Å². The molecule has 0 fully saturated rings. The highest BCUT2D eigenvalue weighted by Crippen LogP contribution is 2.34. The quantitative estimate of drug-likeness (QED) is 0.790. The lowest BCUT2D eigenvalue weighted by Gasteiger charge is -2.29. The molecular weight excluding hydrogens is 288 g/mol. The van der Waals surface area contributed by atoms with Crippen LogP contribution < -0.4 is 0 Å². The maximum Gasteiger partial charge on any atom is 0.347 e. The van der Waals surface area contributed by atoms with Crippen LogP contribution in [0.3, 0.4) is 0 Å². The molecule has 0 aromatic heterocycles. The van der Waals surface area contributed by atoms with Gasteiger partial charge in [0, 0.05) is 5.56 Å². The molecule has 3 heteroatoms. The predicted molar refractivity (Wildman–Crippen MR) is 91.1 cm³/mol. The molecule has 1 N–H and O–H groups in total. The van der Waals surface area contributed by atoms with Gasteiger partial charge in [-0.05, 0) is 24.0 Å². The second-order valence-electron chi connectivity index (χ2n) is 5.62. The number of aliphatic hydroxyl groups is 1. The standard InChI is InChI=1S/C20H24O3/c1-3-10-16-11-8-9-14-18(16)20(22,19(21)23-15-4-2)17-12-6-5-7-13-17/h5-9,11-14,22H,3-4,10,15H2,1-2H3. The number of carbonyl (C=O) groups excluding carboxylic acids is 1. The van der Waals surface area contributed by atoms with Crippen molar-refractivity contribution in [1.82, 2.24) is 0 Å². The SMILES string of the molecule is CCCOC(=O)C(O)(c1ccccc1)c1ccccc1CCC. The third kappa shape index (κ3) is 3.62. The first kappa shape index (κ1) is 17.2. The predicted octanol–water partition coefficient (Wildman–Crippen LogP) is 3.83. The highest BCUT2D eigenvalue weighted by atomic mass is 16.5. The van der Waals surface area contributed by atoms with E-state index >= 15 is 0 Å². The molecule has 2 rings (SSSR count). The van der Waals surface area contributed by atoms with Gasteiger partial charge in [0.15, 0.2) is 0 Å². The van der Waals surface area contributed by atoms with Crippen molar-refractivity contribution in [2.75, 3.05) is 6.61 Å². The van der Waals surface area contributed by atoms with Crippen LogP contribution >= 0.6 is 0 Å². The first-order valence-corrected chi connectivity index (χ1v) is 8.18. The Morgan fingerprint density at radius 3 is 2.30 bits per heavy atom.